The lowest BCUT2D eigenvalue weighted by molar-refractivity contribution is 0.557. The number of hydrogen-bond donors (Lipinski definition) is 2. The third-order valence-electron chi connectivity index (χ3n) is 2.83. The Hall–Kier alpha value is -0.560. The molecule has 2 atom stereocenters. The van der Waals surface area contributed by atoms with E-state index in [0.29, 0.717) is 0 Å². The molecular weight excluding hydrogens is 280 g/mol. The van der Waals surface area contributed by atoms with Crippen LogP contribution >= 0.6 is 11.8 Å². The van der Waals surface area contributed by atoms with Crippen LogP contribution in [0.4, 0.5) is 0 Å². The molecule has 1 aromatic carbocycles. The van der Waals surface area contributed by atoms with Crippen molar-refractivity contribution in [1.29, 1.82) is 0 Å². The van der Waals surface area contributed by atoms with Gasteiger partial charge in [-0.05, 0) is 50.0 Å². The van der Waals surface area contributed by atoms with Crippen LogP contribution in [0.3, 0.4) is 0 Å². The molecule has 0 aromatic heterocycles. The highest BCUT2D eigenvalue weighted by atomic mass is 32.2. The van der Waals surface area contributed by atoms with Gasteiger partial charge in [-0.2, -0.15) is 11.8 Å². The lowest BCUT2D eigenvalue weighted by Gasteiger charge is -2.14. The van der Waals surface area contributed by atoms with Crippen LogP contribution < -0.4 is 10.5 Å². The van der Waals surface area contributed by atoms with E-state index in [1.165, 1.54) is 0 Å². The highest BCUT2D eigenvalue weighted by Gasteiger charge is 2.17. The Labute approximate surface area is 120 Å². The molecule has 0 bridgehead atoms. The van der Waals surface area contributed by atoms with Crippen molar-refractivity contribution in [3.05, 3.63) is 29.8 Å². The molecule has 6 heteroatoms. The third kappa shape index (κ3) is 5.14. The summed E-state index contributed by atoms with van der Waals surface area (Å²) in [4.78, 5) is 0.285. The molecule has 19 heavy (non-hydrogen) atoms. The molecule has 0 aliphatic heterocycles. The molecule has 0 aliphatic rings. The predicted octanol–water partition coefficient (Wildman–Crippen LogP) is 2.13. The summed E-state index contributed by atoms with van der Waals surface area (Å²) in [6.07, 6.45) is 2.83. The van der Waals surface area contributed by atoms with E-state index in [2.05, 4.69) is 4.72 Å². The molecule has 0 aliphatic carbocycles. The maximum absolute atomic E-state index is 12.1. The van der Waals surface area contributed by atoms with Gasteiger partial charge in [0.2, 0.25) is 10.0 Å². The quantitative estimate of drug-likeness (QED) is 0.809. The van der Waals surface area contributed by atoms with Gasteiger partial charge < -0.3 is 5.73 Å². The summed E-state index contributed by atoms with van der Waals surface area (Å²) in [5.41, 5.74) is 6.67. The van der Waals surface area contributed by atoms with Crippen molar-refractivity contribution in [2.24, 2.45) is 5.73 Å². The second-order valence-corrected chi connectivity index (χ2v) is 7.36. The average Bonchev–Trinajstić information content (AvgIpc) is 2.36. The summed E-state index contributed by atoms with van der Waals surface area (Å²) >= 11 is 1.71. The molecule has 0 fully saturated rings. The Kier molecular flexibility index (Phi) is 6.32. The van der Waals surface area contributed by atoms with Gasteiger partial charge >= 0.3 is 0 Å². The van der Waals surface area contributed by atoms with Gasteiger partial charge in [0.05, 0.1) is 4.90 Å². The van der Waals surface area contributed by atoms with E-state index in [9.17, 15) is 8.42 Å². The maximum atomic E-state index is 12.1. The fourth-order valence-corrected chi connectivity index (χ4v) is 3.50. The van der Waals surface area contributed by atoms with Crippen LogP contribution in [-0.4, -0.2) is 26.5 Å². The van der Waals surface area contributed by atoms with E-state index >= 15 is 0 Å². The maximum Gasteiger partial charge on any atom is 0.240 e. The first-order chi connectivity index (χ1) is 8.86. The number of nitrogens with two attached hydrogens (primary N) is 1. The molecule has 0 saturated heterocycles. The number of sulfonamides is 1. The molecule has 0 radical (unpaired) electrons. The molecule has 3 N–H and O–H groups in total. The van der Waals surface area contributed by atoms with Gasteiger partial charge in [0, 0.05) is 12.1 Å². The van der Waals surface area contributed by atoms with Crippen molar-refractivity contribution < 1.29 is 8.42 Å². The molecule has 0 amide bonds. The number of benzene rings is 1. The minimum atomic E-state index is -3.43. The first-order valence-electron chi connectivity index (χ1n) is 6.23. The average molecular weight is 302 g/mol. The third-order valence-corrected chi connectivity index (χ3v) is 5.08. The minimum absolute atomic E-state index is 0.0643. The number of nitrogens with one attached hydrogen (secondary N) is 1. The number of rotatable bonds is 7. The molecule has 1 rings (SSSR count). The highest BCUT2D eigenvalue weighted by Crippen LogP contribution is 2.15. The Balaban J connectivity index is 2.77. The number of hydrogen-bond acceptors (Lipinski definition) is 4. The zero-order valence-electron chi connectivity index (χ0n) is 11.6. The lowest BCUT2D eigenvalue weighted by Crippen LogP contribution is -2.33. The first-order valence-corrected chi connectivity index (χ1v) is 9.11. The Morgan fingerprint density at radius 3 is 2.32 bits per heavy atom. The number of thioether (sulfide) groups is 1. The van der Waals surface area contributed by atoms with E-state index in [1.54, 1.807) is 36.0 Å². The molecule has 1 aromatic rings. The van der Waals surface area contributed by atoms with Crippen molar-refractivity contribution in [2.45, 2.75) is 37.2 Å². The standard InChI is InChI=1S/C13H22N2O2S2/c1-10(8-9-18-3)15-19(16,17)13-6-4-12(5-7-13)11(2)14/h4-7,10-11,15H,8-9,14H2,1-3H3. The zero-order valence-corrected chi connectivity index (χ0v) is 13.2. The van der Waals surface area contributed by atoms with Crippen LogP contribution in [0.2, 0.25) is 0 Å². The Bertz CT molecular complexity index is 484. The summed E-state index contributed by atoms with van der Waals surface area (Å²) in [5.74, 6) is 0.938. The van der Waals surface area contributed by atoms with Gasteiger partial charge in [-0.15, -0.1) is 0 Å². The van der Waals surface area contributed by atoms with E-state index in [-0.39, 0.29) is 17.0 Å². The van der Waals surface area contributed by atoms with Gasteiger partial charge in [-0.25, -0.2) is 13.1 Å². The second-order valence-electron chi connectivity index (χ2n) is 4.66. The smallest absolute Gasteiger partial charge is 0.240 e. The zero-order chi connectivity index (χ0) is 14.5. The molecule has 108 valence electrons. The summed E-state index contributed by atoms with van der Waals surface area (Å²) in [6, 6.07) is 6.55. The van der Waals surface area contributed by atoms with Crippen molar-refractivity contribution in [3.63, 3.8) is 0 Å². The first kappa shape index (κ1) is 16.5. The SMILES string of the molecule is CSCCC(C)NS(=O)(=O)c1ccc(C(C)N)cc1. The summed E-state index contributed by atoms with van der Waals surface area (Å²) in [5, 5.41) is 0. The highest BCUT2D eigenvalue weighted by molar-refractivity contribution is 7.98. The van der Waals surface area contributed by atoms with Crippen LogP contribution in [0.5, 0.6) is 0 Å². The van der Waals surface area contributed by atoms with Crippen molar-refractivity contribution in [2.75, 3.05) is 12.0 Å². The minimum Gasteiger partial charge on any atom is -0.324 e. The monoisotopic (exact) mass is 302 g/mol. The second kappa shape index (κ2) is 7.28. The predicted molar refractivity (Wildman–Crippen MR) is 81.8 cm³/mol. The molecular formula is C13H22N2O2S2. The fourth-order valence-electron chi connectivity index (χ4n) is 1.64. The van der Waals surface area contributed by atoms with Crippen molar-refractivity contribution >= 4 is 21.8 Å². The fraction of sp³-hybridized carbons (Fsp3) is 0.538. The van der Waals surface area contributed by atoms with Gasteiger partial charge in [-0.3, -0.25) is 0 Å². The van der Waals surface area contributed by atoms with Crippen LogP contribution in [0, 0.1) is 0 Å². The summed E-state index contributed by atoms with van der Waals surface area (Å²) in [6.45, 7) is 3.75. The molecule has 0 saturated carbocycles. The van der Waals surface area contributed by atoms with Crippen LogP contribution in [0.15, 0.2) is 29.2 Å². The summed E-state index contributed by atoms with van der Waals surface area (Å²) in [7, 11) is -3.43. The summed E-state index contributed by atoms with van der Waals surface area (Å²) < 4.78 is 27.0. The van der Waals surface area contributed by atoms with Gasteiger partial charge in [0.25, 0.3) is 0 Å². The molecule has 2 unspecified atom stereocenters. The van der Waals surface area contributed by atoms with Crippen molar-refractivity contribution in [1.82, 2.24) is 4.72 Å². The molecule has 4 nitrogen and oxygen atoms in total. The normalized spacial score (nSPS) is 15.2. The van der Waals surface area contributed by atoms with E-state index < -0.39 is 10.0 Å². The van der Waals surface area contributed by atoms with Gasteiger partial charge in [0.1, 0.15) is 0 Å². The Morgan fingerprint density at radius 2 is 1.84 bits per heavy atom. The van der Waals surface area contributed by atoms with Gasteiger partial charge in [0.15, 0.2) is 0 Å². The van der Waals surface area contributed by atoms with Gasteiger partial charge in [-0.1, -0.05) is 12.1 Å². The van der Waals surface area contributed by atoms with Crippen LogP contribution in [-0.2, 0) is 10.0 Å². The van der Waals surface area contributed by atoms with Crippen molar-refractivity contribution in [3.8, 4) is 0 Å². The van der Waals surface area contributed by atoms with E-state index in [0.717, 1.165) is 17.7 Å². The topological polar surface area (TPSA) is 72.2 Å². The van der Waals surface area contributed by atoms with Crippen LogP contribution in [0.25, 0.3) is 0 Å². The lowest BCUT2D eigenvalue weighted by atomic mass is 10.1. The molecule has 0 heterocycles. The molecule has 0 spiro atoms. The van der Waals surface area contributed by atoms with E-state index in [1.807, 2.05) is 20.1 Å². The largest absolute Gasteiger partial charge is 0.324 e. The van der Waals surface area contributed by atoms with Crippen LogP contribution in [0.1, 0.15) is 31.9 Å². The van der Waals surface area contributed by atoms with E-state index in [4.69, 9.17) is 5.73 Å². The Morgan fingerprint density at radius 1 is 1.26 bits per heavy atom.